The first kappa shape index (κ1) is 17.2. The van der Waals surface area contributed by atoms with Gasteiger partial charge in [0.15, 0.2) is 0 Å². The van der Waals surface area contributed by atoms with Crippen LogP contribution in [0.4, 0.5) is 0 Å². The van der Waals surface area contributed by atoms with Gasteiger partial charge in [-0.2, -0.15) is 0 Å². The molecule has 0 bridgehead atoms. The van der Waals surface area contributed by atoms with Crippen LogP contribution in [0.2, 0.25) is 0 Å². The third kappa shape index (κ3) is 4.47. The van der Waals surface area contributed by atoms with Crippen molar-refractivity contribution in [1.29, 1.82) is 0 Å². The standard InChI is InChI=1S/C19H25N3OS/c1-2-8-17-21-16-12-7-6-11-15(16)19(22-17)24-13-18(23)20-14-9-4-3-5-10-14/h6-7,11-12,14H,2-5,8-10,13H2,1H3,(H,20,23). The zero-order chi connectivity index (χ0) is 16.8. The van der Waals surface area contributed by atoms with Crippen molar-refractivity contribution in [2.24, 2.45) is 0 Å². The van der Waals surface area contributed by atoms with Crippen LogP contribution in [0.3, 0.4) is 0 Å². The Morgan fingerprint density at radius 3 is 2.79 bits per heavy atom. The third-order valence-corrected chi connectivity index (χ3v) is 5.39. The summed E-state index contributed by atoms with van der Waals surface area (Å²) in [6, 6.07) is 8.41. The van der Waals surface area contributed by atoms with E-state index in [9.17, 15) is 4.79 Å². The Bertz CT molecular complexity index is 698. The highest BCUT2D eigenvalue weighted by Crippen LogP contribution is 2.25. The molecule has 3 rings (SSSR count). The van der Waals surface area contributed by atoms with Gasteiger partial charge in [0.1, 0.15) is 10.9 Å². The van der Waals surface area contributed by atoms with Gasteiger partial charge < -0.3 is 5.32 Å². The first-order chi connectivity index (χ1) is 11.8. The zero-order valence-corrected chi connectivity index (χ0v) is 15.1. The van der Waals surface area contributed by atoms with Crippen molar-refractivity contribution < 1.29 is 4.79 Å². The van der Waals surface area contributed by atoms with Gasteiger partial charge in [0.2, 0.25) is 5.91 Å². The first-order valence-electron chi connectivity index (χ1n) is 8.94. The molecule has 1 heterocycles. The van der Waals surface area contributed by atoms with Gasteiger partial charge in [0.05, 0.1) is 11.3 Å². The molecule has 1 aliphatic carbocycles. The van der Waals surface area contributed by atoms with Crippen LogP contribution in [0, 0.1) is 0 Å². The van der Waals surface area contributed by atoms with Crippen molar-refractivity contribution in [2.75, 3.05) is 5.75 Å². The zero-order valence-electron chi connectivity index (χ0n) is 14.3. The molecule has 0 saturated heterocycles. The van der Waals surface area contributed by atoms with E-state index in [4.69, 9.17) is 0 Å². The van der Waals surface area contributed by atoms with Crippen LogP contribution in [-0.2, 0) is 11.2 Å². The maximum absolute atomic E-state index is 12.3. The van der Waals surface area contributed by atoms with E-state index >= 15 is 0 Å². The van der Waals surface area contributed by atoms with Crippen LogP contribution in [-0.4, -0.2) is 27.7 Å². The molecule has 1 aliphatic rings. The highest BCUT2D eigenvalue weighted by atomic mass is 32.2. The maximum Gasteiger partial charge on any atom is 0.230 e. The lowest BCUT2D eigenvalue weighted by Gasteiger charge is -2.22. The smallest absolute Gasteiger partial charge is 0.230 e. The molecule has 1 aromatic heterocycles. The van der Waals surface area contributed by atoms with Crippen LogP contribution in [0.15, 0.2) is 29.3 Å². The highest BCUT2D eigenvalue weighted by molar-refractivity contribution is 8.00. The normalized spacial score (nSPS) is 15.5. The number of aromatic nitrogens is 2. The van der Waals surface area contributed by atoms with E-state index < -0.39 is 0 Å². The number of fused-ring (bicyclic) bond motifs is 1. The molecular formula is C19H25N3OS. The Morgan fingerprint density at radius 2 is 2.00 bits per heavy atom. The average Bonchev–Trinajstić information content (AvgIpc) is 2.61. The van der Waals surface area contributed by atoms with Gasteiger partial charge in [-0.05, 0) is 25.3 Å². The largest absolute Gasteiger partial charge is 0.353 e. The van der Waals surface area contributed by atoms with E-state index in [1.165, 1.54) is 31.0 Å². The molecule has 0 spiro atoms. The lowest BCUT2D eigenvalue weighted by molar-refractivity contribution is -0.119. The summed E-state index contributed by atoms with van der Waals surface area (Å²) < 4.78 is 0. The molecule has 1 saturated carbocycles. The molecule has 1 aromatic carbocycles. The molecule has 1 N–H and O–H groups in total. The number of thioether (sulfide) groups is 1. The molecule has 128 valence electrons. The van der Waals surface area contributed by atoms with Crippen molar-refractivity contribution in [3.63, 3.8) is 0 Å². The van der Waals surface area contributed by atoms with E-state index in [1.54, 1.807) is 0 Å². The molecule has 24 heavy (non-hydrogen) atoms. The van der Waals surface area contributed by atoms with Crippen molar-refractivity contribution >= 4 is 28.6 Å². The molecule has 4 nitrogen and oxygen atoms in total. The number of rotatable bonds is 6. The van der Waals surface area contributed by atoms with Gasteiger partial charge in [-0.15, -0.1) is 0 Å². The van der Waals surface area contributed by atoms with Gasteiger partial charge in [0, 0.05) is 17.8 Å². The number of carbonyl (C=O) groups is 1. The topological polar surface area (TPSA) is 54.9 Å². The molecule has 0 unspecified atom stereocenters. The monoisotopic (exact) mass is 343 g/mol. The summed E-state index contributed by atoms with van der Waals surface area (Å²) in [4.78, 5) is 21.6. The molecule has 0 radical (unpaired) electrons. The number of aryl methyl sites for hydroxylation is 1. The van der Waals surface area contributed by atoms with E-state index in [1.807, 2.05) is 24.3 Å². The van der Waals surface area contributed by atoms with Crippen molar-refractivity contribution in [3.8, 4) is 0 Å². The Morgan fingerprint density at radius 1 is 1.21 bits per heavy atom. The fourth-order valence-corrected chi connectivity index (χ4v) is 4.04. The lowest BCUT2D eigenvalue weighted by Crippen LogP contribution is -2.37. The number of amides is 1. The summed E-state index contributed by atoms with van der Waals surface area (Å²) in [7, 11) is 0. The quantitative estimate of drug-likeness (QED) is 0.633. The lowest BCUT2D eigenvalue weighted by atomic mass is 9.95. The third-order valence-electron chi connectivity index (χ3n) is 4.40. The van der Waals surface area contributed by atoms with Gasteiger partial charge in [-0.25, -0.2) is 9.97 Å². The summed E-state index contributed by atoms with van der Waals surface area (Å²) in [5, 5.41) is 5.13. The SMILES string of the molecule is CCCc1nc(SCC(=O)NC2CCCCC2)c2ccccc2n1. The molecule has 0 aliphatic heterocycles. The fourth-order valence-electron chi connectivity index (χ4n) is 3.19. The average molecular weight is 343 g/mol. The predicted octanol–water partition coefficient (Wildman–Crippen LogP) is 4.12. The van der Waals surface area contributed by atoms with Crippen molar-refractivity contribution in [3.05, 3.63) is 30.1 Å². The molecular weight excluding hydrogens is 318 g/mol. The summed E-state index contributed by atoms with van der Waals surface area (Å²) >= 11 is 1.52. The number of para-hydroxylation sites is 1. The van der Waals surface area contributed by atoms with Gasteiger partial charge >= 0.3 is 0 Å². The number of carbonyl (C=O) groups excluding carboxylic acids is 1. The minimum Gasteiger partial charge on any atom is -0.353 e. The van der Waals surface area contributed by atoms with Crippen LogP contribution in [0.25, 0.3) is 10.9 Å². The second-order valence-corrected chi connectivity index (χ2v) is 7.37. The predicted molar refractivity (Wildman–Crippen MR) is 99.3 cm³/mol. The fraction of sp³-hybridized carbons (Fsp3) is 0.526. The number of nitrogens with zero attached hydrogens (tertiary/aromatic N) is 2. The van der Waals surface area contributed by atoms with Crippen molar-refractivity contribution in [2.45, 2.75) is 62.9 Å². The molecule has 5 heteroatoms. The number of benzene rings is 1. The molecule has 2 aromatic rings. The molecule has 1 amide bonds. The summed E-state index contributed by atoms with van der Waals surface area (Å²) in [6.07, 6.45) is 7.89. The molecule has 0 atom stereocenters. The molecule has 1 fully saturated rings. The summed E-state index contributed by atoms with van der Waals surface area (Å²) in [5.41, 5.74) is 0.964. The van der Waals surface area contributed by atoms with Crippen LogP contribution in [0.5, 0.6) is 0 Å². The second-order valence-electron chi connectivity index (χ2n) is 6.40. The van der Waals surface area contributed by atoms with Crippen molar-refractivity contribution in [1.82, 2.24) is 15.3 Å². The number of nitrogens with one attached hydrogen (secondary N) is 1. The first-order valence-corrected chi connectivity index (χ1v) is 9.92. The van der Waals surface area contributed by atoms with Crippen LogP contribution >= 0.6 is 11.8 Å². The van der Waals surface area contributed by atoms with Crippen LogP contribution in [0.1, 0.15) is 51.3 Å². The van der Waals surface area contributed by atoms with Gasteiger partial charge in [-0.1, -0.05) is 56.1 Å². The van der Waals surface area contributed by atoms with E-state index in [2.05, 4.69) is 22.2 Å². The Kier molecular flexibility index (Phi) is 6.07. The number of hydrogen-bond donors (Lipinski definition) is 1. The van der Waals surface area contributed by atoms with Crippen LogP contribution < -0.4 is 5.32 Å². The van der Waals surface area contributed by atoms with E-state index in [-0.39, 0.29) is 5.91 Å². The minimum atomic E-state index is 0.117. The van der Waals surface area contributed by atoms with Gasteiger partial charge in [-0.3, -0.25) is 4.79 Å². The Hall–Kier alpha value is -1.62. The maximum atomic E-state index is 12.3. The summed E-state index contributed by atoms with van der Waals surface area (Å²) in [6.45, 7) is 2.13. The minimum absolute atomic E-state index is 0.117. The number of hydrogen-bond acceptors (Lipinski definition) is 4. The summed E-state index contributed by atoms with van der Waals surface area (Å²) in [5.74, 6) is 1.40. The Labute approximate surface area is 147 Å². The Balaban J connectivity index is 1.68. The van der Waals surface area contributed by atoms with Gasteiger partial charge in [0.25, 0.3) is 0 Å². The second kappa shape index (κ2) is 8.47. The highest BCUT2D eigenvalue weighted by Gasteiger charge is 2.16. The van der Waals surface area contributed by atoms with E-state index in [0.717, 1.165) is 47.4 Å². The van der Waals surface area contributed by atoms with E-state index in [0.29, 0.717) is 11.8 Å².